The summed E-state index contributed by atoms with van der Waals surface area (Å²) in [7, 11) is 0. The Morgan fingerprint density at radius 2 is 2.18 bits per heavy atom. The van der Waals surface area contributed by atoms with Crippen molar-refractivity contribution >= 4 is 0 Å². The first-order valence-corrected chi connectivity index (χ1v) is 5.72. The zero-order valence-corrected chi connectivity index (χ0v) is 9.69. The molecule has 0 spiro atoms. The molecule has 7 heteroatoms. The molecule has 0 bridgehead atoms. The average molecular weight is 242 g/mol. The molecule has 0 saturated carbocycles. The maximum Gasteiger partial charge on any atom is 0.108 e. The zero-order chi connectivity index (χ0) is 12.4. The van der Waals surface area contributed by atoms with Crippen molar-refractivity contribution in [2.45, 2.75) is 44.2 Å². The van der Waals surface area contributed by atoms with Crippen LogP contribution >= 0.6 is 0 Å². The third kappa shape index (κ3) is 2.81. The minimum Gasteiger partial charge on any atom is -0.389 e. The lowest BCUT2D eigenvalue weighted by Crippen LogP contribution is -2.59. The largest absolute Gasteiger partial charge is 0.389 e. The van der Waals surface area contributed by atoms with E-state index >= 15 is 0 Å². The molecule has 2 heterocycles. The van der Waals surface area contributed by atoms with Crippen molar-refractivity contribution < 1.29 is 15.3 Å². The molecule has 1 fully saturated rings. The Labute approximate surface area is 99.1 Å². The van der Waals surface area contributed by atoms with E-state index in [9.17, 15) is 15.3 Å². The smallest absolute Gasteiger partial charge is 0.108 e. The van der Waals surface area contributed by atoms with Crippen molar-refractivity contribution in [3.8, 4) is 0 Å². The Hall–Kier alpha value is -1.02. The van der Waals surface area contributed by atoms with Gasteiger partial charge in [-0.15, -0.1) is 5.10 Å². The van der Waals surface area contributed by atoms with E-state index in [4.69, 9.17) is 0 Å². The number of nitrogens with zero attached hydrogens (tertiary/aromatic N) is 3. The van der Waals surface area contributed by atoms with E-state index in [0.717, 1.165) is 5.69 Å². The second-order valence-electron chi connectivity index (χ2n) is 4.47. The Balaban J connectivity index is 1.87. The number of hydrogen-bond donors (Lipinski definition) is 4. The SMILES string of the molecule is Cc1cn(CC[C@H]2NC[C@@H](O)C(O)C2O)nn1. The molecule has 1 aliphatic rings. The molecule has 17 heavy (non-hydrogen) atoms. The summed E-state index contributed by atoms with van der Waals surface area (Å²) < 4.78 is 1.70. The van der Waals surface area contributed by atoms with Gasteiger partial charge in [-0.2, -0.15) is 0 Å². The Kier molecular flexibility index (Phi) is 3.72. The fourth-order valence-corrected chi connectivity index (χ4v) is 2.03. The summed E-state index contributed by atoms with van der Waals surface area (Å²) in [5, 5.41) is 39.4. The van der Waals surface area contributed by atoms with Gasteiger partial charge in [0.25, 0.3) is 0 Å². The lowest BCUT2D eigenvalue weighted by atomic mass is 9.94. The van der Waals surface area contributed by atoms with Gasteiger partial charge in [0.15, 0.2) is 0 Å². The molecule has 2 rings (SSSR count). The molecule has 0 radical (unpaired) electrons. The second kappa shape index (κ2) is 5.09. The molecule has 1 aromatic heterocycles. The summed E-state index contributed by atoms with van der Waals surface area (Å²) in [6.45, 7) is 2.76. The van der Waals surface area contributed by atoms with Crippen LogP contribution in [0.15, 0.2) is 6.20 Å². The summed E-state index contributed by atoms with van der Waals surface area (Å²) in [5.74, 6) is 0. The molecule has 4 N–H and O–H groups in total. The van der Waals surface area contributed by atoms with Crippen LogP contribution in [-0.2, 0) is 6.54 Å². The molecule has 1 aliphatic heterocycles. The number of aryl methyl sites for hydroxylation is 2. The minimum atomic E-state index is -1.08. The highest BCUT2D eigenvalue weighted by molar-refractivity contribution is 4.92. The lowest BCUT2D eigenvalue weighted by molar-refractivity contribution is -0.0955. The van der Waals surface area contributed by atoms with E-state index in [-0.39, 0.29) is 6.04 Å². The number of hydrogen-bond acceptors (Lipinski definition) is 6. The van der Waals surface area contributed by atoms with Crippen LogP contribution in [0.2, 0.25) is 0 Å². The van der Waals surface area contributed by atoms with Crippen LogP contribution in [-0.4, -0.2) is 61.2 Å². The van der Waals surface area contributed by atoms with Crippen molar-refractivity contribution in [3.63, 3.8) is 0 Å². The quantitative estimate of drug-likeness (QED) is 0.490. The highest BCUT2D eigenvalue weighted by atomic mass is 16.4. The molecular formula is C10H18N4O3. The fraction of sp³-hybridized carbons (Fsp3) is 0.800. The van der Waals surface area contributed by atoms with Crippen molar-refractivity contribution in [2.24, 2.45) is 0 Å². The van der Waals surface area contributed by atoms with Crippen molar-refractivity contribution in [2.75, 3.05) is 6.54 Å². The van der Waals surface area contributed by atoms with Crippen molar-refractivity contribution in [1.29, 1.82) is 0 Å². The van der Waals surface area contributed by atoms with Crippen molar-refractivity contribution in [1.82, 2.24) is 20.3 Å². The monoisotopic (exact) mass is 242 g/mol. The van der Waals surface area contributed by atoms with Crippen LogP contribution in [0.5, 0.6) is 0 Å². The highest BCUT2D eigenvalue weighted by Crippen LogP contribution is 2.13. The Morgan fingerprint density at radius 1 is 1.41 bits per heavy atom. The fourth-order valence-electron chi connectivity index (χ4n) is 2.03. The van der Waals surface area contributed by atoms with Crippen LogP contribution in [0, 0.1) is 6.92 Å². The van der Waals surface area contributed by atoms with E-state index < -0.39 is 18.3 Å². The first-order valence-electron chi connectivity index (χ1n) is 5.72. The third-order valence-electron chi connectivity index (χ3n) is 3.07. The van der Waals surface area contributed by atoms with E-state index in [1.165, 1.54) is 0 Å². The number of rotatable bonds is 3. The van der Waals surface area contributed by atoms with Gasteiger partial charge in [0.05, 0.1) is 17.9 Å². The van der Waals surface area contributed by atoms with Crippen LogP contribution in [0.25, 0.3) is 0 Å². The topological polar surface area (TPSA) is 103 Å². The molecule has 4 atom stereocenters. The number of piperidine rings is 1. The van der Waals surface area contributed by atoms with Crippen LogP contribution in [0.4, 0.5) is 0 Å². The van der Waals surface area contributed by atoms with Crippen LogP contribution in [0.3, 0.4) is 0 Å². The Morgan fingerprint density at radius 3 is 2.82 bits per heavy atom. The van der Waals surface area contributed by atoms with Gasteiger partial charge in [-0.3, -0.25) is 4.68 Å². The van der Waals surface area contributed by atoms with Gasteiger partial charge in [0, 0.05) is 25.3 Å². The molecular weight excluding hydrogens is 224 g/mol. The lowest BCUT2D eigenvalue weighted by Gasteiger charge is -2.36. The van der Waals surface area contributed by atoms with E-state index in [1.807, 2.05) is 13.1 Å². The first-order chi connectivity index (χ1) is 8.08. The molecule has 1 aromatic rings. The van der Waals surface area contributed by atoms with Gasteiger partial charge < -0.3 is 20.6 Å². The summed E-state index contributed by atoms with van der Waals surface area (Å²) in [4.78, 5) is 0. The highest BCUT2D eigenvalue weighted by Gasteiger charge is 2.35. The molecule has 0 amide bonds. The second-order valence-corrected chi connectivity index (χ2v) is 4.47. The maximum absolute atomic E-state index is 9.77. The van der Waals surface area contributed by atoms with Gasteiger partial charge >= 0.3 is 0 Å². The number of β-amino-alcohol motifs (C(OH)–C–C–N with tert-alkyl or cyclic N) is 1. The summed E-state index contributed by atoms with van der Waals surface area (Å²) in [6.07, 6.45) is -0.509. The van der Waals surface area contributed by atoms with Gasteiger partial charge in [-0.25, -0.2) is 0 Å². The molecule has 96 valence electrons. The molecule has 1 saturated heterocycles. The Bertz CT molecular complexity index is 370. The number of aromatic nitrogens is 3. The predicted octanol–water partition coefficient (Wildman–Crippen LogP) is -1.97. The average Bonchev–Trinajstić information content (AvgIpc) is 2.71. The molecule has 0 aromatic carbocycles. The summed E-state index contributed by atoms with van der Waals surface area (Å²) >= 11 is 0. The van der Waals surface area contributed by atoms with Gasteiger partial charge in [0.2, 0.25) is 0 Å². The van der Waals surface area contributed by atoms with Gasteiger partial charge in [0.1, 0.15) is 6.10 Å². The number of aliphatic hydroxyl groups is 3. The normalized spacial score (nSPS) is 33.9. The van der Waals surface area contributed by atoms with Crippen LogP contribution < -0.4 is 5.32 Å². The summed E-state index contributed by atoms with van der Waals surface area (Å²) in [6, 6.07) is -0.238. The molecule has 7 nitrogen and oxygen atoms in total. The van der Waals surface area contributed by atoms with E-state index in [1.54, 1.807) is 4.68 Å². The maximum atomic E-state index is 9.77. The number of aliphatic hydroxyl groups excluding tert-OH is 3. The summed E-state index contributed by atoms with van der Waals surface area (Å²) in [5.41, 5.74) is 0.845. The minimum absolute atomic E-state index is 0.238. The van der Waals surface area contributed by atoms with Crippen LogP contribution in [0.1, 0.15) is 12.1 Å². The third-order valence-corrected chi connectivity index (χ3v) is 3.07. The van der Waals surface area contributed by atoms with E-state index in [0.29, 0.717) is 19.5 Å². The zero-order valence-electron chi connectivity index (χ0n) is 9.69. The van der Waals surface area contributed by atoms with Gasteiger partial charge in [-0.1, -0.05) is 5.21 Å². The predicted molar refractivity (Wildman–Crippen MR) is 59.2 cm³/mol. The molecule has 0 aliphatic carbocycles. The molecule has 2 unspecified atom stereocenters. The van der Waals surface area contributed by atoms with Crippen molar-refractivity contribution in [3.05, 3.63) is 11.9 Å². The number of nitrogens with one attached hydrogen (secondary N) is 1. The standard InChI is InChI=1S/C10H18N4O3/c1-6-5-14(13-12-6)3-2-7-9(16)10(17)8(15)4-11-7/h5,7-11,15-17H,2-4H2,1H3/t7-,8-,9?,10?/m1/s1. The first kappa shape index (κ1) is 12.4. The van der Waals surface area contributed by atoms with Gasteiger partial charge in [-0.05, 0) is 13.3 Å². The van der Waals surface area contributed by atoms with E-state index in [2.05, 4.69) is 15.6 Å².